The maximum atomic E-state index is 5.49. The van der Waals surface area contributed by atoms with E-state index in [1.54, 1.807) is 7.05 Å². The predicted molar refractivity (Wildman–Crippen MR) is 61.5 cm³/mol. The van der Waals surface area contributed by atoms with E-state index in [4.69, 9.17) is 14.3 Å². The Balaban J connectivity index is 2.02. The van der Waals surface area contributed by atoms with Gasteiger partial charge < -0.3 is 9.47 Å². The lowest BCUT2D eigenvalue weighted by atomic mass is 10.2. The Hall–Kier alpha value is -1.52. The lowest BCUT2D eigenvalue weighted by molar-refractivity contribution is 0.0814. The van der Waals surface area contributed by atoms with Crippen molar-refractivity contribution >= 4 is 6.08 Å². The minimum absolute atomic E-state index is 0.533. The van der Waals surface area contributed by atoms with Crippen LogP contribution in [-0.4, -0.2) is 26.9 Å². The van der Waals surface area contributed by atoms with Gasteiger partial charge in [0, 0.05) is 7.05 Å². The normalized spacial score (nSPS) is 14.3. The number of hydrogen-bond donors (Lipinski definition) is 1. The summed E-state index contributed by atoms with van der Waals surface area (Å²) < 4.78 is 10.9. The molecule has 4 nitrogen and oxygen atoms in total. The molecule has 0 saturated carbocycles. The van der Waals surface area contributed by atoms with Gasteiger partial charge in [0.1, 0.15) is 13.2 Å². The van der Waals surface area contributed by atoms with E-state index in [1.165, 1.54) is 0 Å². The fraction of sp³-hybridized carbons (Fsp3) is 0.333. The summed E-state index contributed by atoms with van der Waals surface area (Å²) in [6, 6.07) is 5.88. The topological polar surface area (TPSA) is 39.7 Å². The average molecular weight is 221 g/mol. The van der Waals surface area contributed by atoms with E-state index in [-0.39, 0.29) is 0 Å². The maximum absolute atomic E-state index is 5.49. The first kappa shape index (κ1) is 11.0. The van der Waals surface area contributed by atoms with Gasteiger partial charge in [-0.15, -0.1) is 0 Å². The molecule has 1 aromatic rings. The second-order valence-electron chi connectivity index (χ2n) is 3.32. The Morgan fingerprint density at radius 2 is 2.12 bits per heavy atom. The number of rotatable bonds is 4. The highest BCUT2D eigenvalue weighted by atomic mass is 16.6. The minimum atomic E-state index is 0.533. The van der Waals surface area contributed by atoms with Gasteiger partial charge in [0.25, 0.3) is 0 Å². The summed E-state index contributed by atoms with van der Waals surface area (Å²) >= 11 is 0. The summed E-state index contributed by atoms with van der Waals surface area (Å²) in [7, 11) is 1.73. The minimum Gasteiger partial charge on any atom is -0.486 e. The van der Waals surface area contributed by atoms with Gasteiger partial charge in [0.05, 0.1) is 6.61 Å². The van der Waals surface area contributed by atoms with Crippen LogP contribution in [0.25, 0.3) is 6.08 Å². The van der Waals surface area contributed by atoms with Gasteiger partial charge in [-0.05, 0) is 17.7 Å². The molecule has 86 valence electrons. The molecule has 0 fully saturated rings. The zero-order valence-corrected chi connectivity index (χ0v) is 9.23. The van der Waals surface area contributed by atoms with Gasteiger partial charge in [-0.1, -0.05) is 18.2 Å². The van der Waals surface area contributed by atoms with Crippen molar-refractivity contribution in [3.8, 4) is 11.5 Å². The predicted octanol–water partition coefficient (Wildman–Crippen LogP) is 1.62. The first-order valence-electron chi connectivity index (χ1n) is 5.25. The molecule has 1 aromatic carbocycles. The van der Waals surface area contributed by atoms with Crippen LogP contribution >= 0.6 is 0 Å². The Kier molecular flexibility index (Phi) is 3.80. The van der Waals surface area contributed by atoms with Crippen molar-refractivity contribution in [2.75, 3.05) is 26.9 Å². The fourth-order valence-electron chi connectivity index (χ4n) is 1.48. The lowest BCUT2D eigenvalue weighted by Gasteiger charge is -2.18. The second-order valence-corrected chi connectivity index (χ2v) is 3.32. The van der Waals surface area contributed by atoms with Crippen molar-refractivity contribution in [3.05, 3.63) is 29.8 Å². The molecule has 0 aromatic heterocycles. The van der Waals surface area contributed by atoms with E-state index in [0.29, 0.717) is 19.8 Å². The average Bonchev–Trinajstić information content (AvgIpc) is 2.34. The molecule has 0 bridgehead atoms. The highest BCUT2D eigenvalue weighted by Gasteiger charge is 2.10. The molecule has 4 heteroatoms. The van der Waals surface area contributed by atoms with Crippen molar-refractivity contribution in [2.24, 2.45) is 0 Å². The van der Waals surface area contributed by atoms with Gasteiger partial charge in [-0.25, -0.2) is 5.48 Å². The van der Waals surface area contributed by atoms with Crippen molar-refractivity contribution < 1.29 is 14.3 Å². The molecule has 16 heavy (non-hydrogen) atoms. The quantitative estimate of drug-likeness (QED) is 0.619. The molecule has 0 atom stereocenters. The van der Waals surface area contributed by atoms with E-state index in [0.717, 1.165) is 17.1 Å². The smallest absolute Gasteiger partial charge is 0.161 e. The third-order valence-corrected chi connectivity index (χ3v) is 2.20. The molecule has 0 aliphatic carbocycles. The molecular weight excluding hydrogens is 206 g/mol. The first-order chi connectivity index (χ1) is 7.90. The Morgan fingerprint density at radius 3 is 2.94 bits per heavy atom. The number of fused-ring (bicyclic) bond motifs is 1. The number of hydrogen-bond acceptors (Lipinski definition) is 4. The van der Waals surface area contributed by atoms with Crippen molar-refractivity contribution in [1.29, 1.82) is 0 Å². The largest absolute Gasteiger partial charge is 0.486 e. The van der Waals surface area contributed by atoms with E-state index < -0.39 is 0 Å². The highest BCUT2D eigenvalue weighted by molar-refractivity contribution is 5.56. The monoisotopic (exact) mass is 221 g/mol. The molecule has 1 N–H and O–H groups in total. The number of nitrogens with one attached hydrogen (secondary N) is 1. The van der Waals surface area contributed by atoms with Gasteiger partial charge >= 0.3 is 0 Å². The summed E-state index contributed by atoms with van der Waals surface area (Å²) in [4.78, 5) is 4.98. The van der Waals surface area contributed by atoms with Crippen LogP contribution in [-0.2, 0) is 4.84 Å². The van der Waals surface area contributed by atoms with Crippen LogP contribution in [0.15, 0.2) is 24.3 Å². The molecular formula is C12H15NO3. The van der Waals surface area contributed by atoms with Crippen LogP contribution in [0.2, 0.25) is 0 Å². The zero-order chi connectivity index (χ0) is 11.2. The summed E-state index contributed by atoms with van der Waals surface area (Å²) in [6.07, 6.45) is 3.91. The van der Waals surface area contributed by atoms with Gasteiger partial charge in [-0.2, -0.15) is 0 Å². The summed E-state index contributed by atoms with van der Waals surface area (Å²) in [6.45, 7) is 1.77. The molecule has 0 amide bonds. The zero-order valence-electron chi connectivity index (χ0n) is 9.23. The molecule has 0 spiro atoms. The van der Waals surface area contributed by atoms with E-state index in [2.05, 4.69) is 5.48 Å². The van der Waals surface area contributed by atoms with Crippen LogP contribution in [0.5, 0.6) is 11.5 Å². The van der Waals surface area contributed by atoms with Gasteiger partial charge in [-0.3, -0.25) is 4.84 Å². The molecule has 1 heterocycles. The van der Waals surface area contributed by atoms with Crippen LogP contribution < -0.4 is 15.0 Å². The number of ether oxygens (including phenoxy) is 2. The third kappa shape index (κ3) is 2.74. The van der Waals surface area contributed by atoms with Crippen molar-refractivity contribution in [1.82, 2.24) is 5.48 Å². The third-order valence-electron chi connectivity index (χ3n) is 2.20. The summed E-state index contributed by atoms with van der Waals surface area (Å²) in [5.74, 6) is 1.62. The molecule has 0 radical (unpaired) electrons. The van der Waals surface area contributed by atoms with Gasteiger partial charge in [0.15, 0.2) is 11.5 Å². The van der Waals surface area contributed by atoms with Gasteiger partial charge in [0.2, 0.25) is 0 Å². The second kappa shape index (κ2) is 5.53. The lowest BCUT2D eigenvalue weighted by Crippen LogP contribution is -2.15. The summed E-state index contributed by atoms with van der Waals surface area (Å²) in [5, 5.41) is 0. The standard InChI is InChI=1S/C12H15NO3/c1-13-16-6-2-3-10-4-5-11-12(9-10)15-8-7-14-11/h2-5,9,13H,6-8H2,1H3/b3-2+. The molecule has 0 saturated heterocycles. The van der Waals surface area contributed by atoms with Crippen LogP contribution in [0, 0.1) is 0 Å². The molecule has 1 aliphatic heterocycles. The molecule has 0 unspecified atom stereocenters. The van der Waals surface area contributed by atoms with Crippen LogP contribution in [0.4, 0.5) is 0 Å². The molecule has 1 aliphatic rings. The Morgan fingerprint density at radius 1 is 1.31 bits per heavy atom. The van der Waals surface area contributed by atoms with E-state index in [1.807, 2.05) is 30.4 Å². The van der Waals surface area contributed by atoms with Crippen molar-refractivity contribution in [2.45, 2.75) is 0 Å². The molecule has 2 rings (SSSR count). The fourth-order valence-corrected chi connectivity index (χ4v) is 1.48. The van der Waals surface area contributed by atoms with E-state index in [9.17, 15) is 0 Å². The summed E-state index contributed by atoms with van der Waals surface area (Å²) in [5.41, 5.74) is 3.68. The van der Waals surface area contributed by atoms with Crippen LogP contribution in [0.1, 0.15) is 5.56 Å². The SMILES string of the molecule is CNOC/C=C/c1ccc2c(c1)OCCO2. The maximum Gasteiger partial charge on any atom is 0.161 e. The van der Waals surface area contributed by atoms with Crippen molar-refractivity contribution in [3.63, 3.8) is 0 Å². The van der Waals surface area contributed by atoms with Crippen LogP contribution in [0.3, 0.4) is 0 Å². The first-order valence-corrected chi connectivity index (χ1v) is 5.25. The Labute approximate surface area is 94.8 Å². The van der Waals surface area contributed by atoms with E-state index >= 15 is 0 Å². The number of hydroxylamine groups is 1. The highest BCUT2D eigenvalue weighted by Crippen LogP contribution is 2.30. The number of benzene rings is 1. The Bertz CT molecular complexity index is 377.